The lowest BCUT2D eigenvalue weighted by atomic mass is 10.1. The molecule has 2 amide bonds. The summed E-state index contributed by atoms with van der Waals surface area (Å²) in [7, 11) is 0. The van der Waals surface area contributed by atoms with E-state index in [-0.39, 0.29) is 6.03 Å². The molecule has 2 N–H and O–H groups in total. The molecule has 6 nitrogen and oxygen atoms in total. The van der Waals surface area contributed by atoms with Crippen LogP contribution in [-0.4, -0.2) is 27.1 Å². The Morgan fingerprint density at radius 3 is 2.71 bits per heavy atom. The fraction of sp³-hybridized carbons (Fsp3) is 0.167. The van der Waals surface area contributed by atoms with Gasteiger partial charge in [0.15, 0.2) is 0 Å². The zero-order valence-corrected chi connectivity index (χ0v) is 13.2. The largest absolute Gasteiger partial charge is 0.338 e. The second-order valence-electron chi connectivity index (χ2n) is 5.35. The first-order valence-corrected chi connectivity index (χ1v) is 7.84. The quantitative estimate of drug-likeness (QED) is 0.686. The first-order valence-electron chi connectivity index (χ1n) is 7.84. The van der Waals surface area contributed by atoms with Crippen molar-refractivity contribution in [2.45, 2.75) is 12.8 Å². The Bertz CT molecular complexity index is 754. The van der Waals surface area contributed by atoms with Crippen LogP contribution in [0, 0.1) is 0 Å². The number of nitrogens with zero attached hydrogens (tertiary/aromatic N) is 3. The Morgan fingerprint density at radius 2 is 2.00 bits per heavy atom. The van der Waals surface area contributed by atoms with E-state index in [1.165, 1.54) is 5.56 Å². The Kier molecular flexibility index (Phi) is 5.19. The van der Waals surface area contributed by atoms with Crippen molar-refractivity contribution in [3.8, 4) is 5.82 Å². The third-order valence-corrected chi connectivity index (χ3v) is 3.55. The number of benzene rings is 1. The van der Waals surface area contributed by atoms with Gasteiger partial charge < -0.3 is 10.6 Å². The number of nitrogens with one attached hydrogen (secondary N) is 2. The summed E-state index contributed by atoms with van der Waals surface area (Å²) in [6.45, 7) is 0.626. The predicted octanol–water partition coefficient (Wildman–Crippen LogP) is 3.02. The van der Waals surface area contributed by atoms with Crippen LogP contribution in [0.25, 0.3) is 5.82 Å². The lowest BCUT2D eigenvalue weighted by Gasteiger charge is -2.08. The predicted molar refractivity (Wildman–Crippen MR) is 93.1 cm³/mol. The van der Waals surface area contributed by atoms with Gasteiger partial charge in [-0.15, -0.1) is 0 Å². The van der Waals surface area contributed by atoms with Crippen molar-refractivity contribution in [2.75, 3.05) is 11.9 Å². The third-order valence-electron chi connectivity index (χ3n) is 3.55. The molecule has 0 saturated carbocycles. The van der Waals surface area contributed by atoms with E-state index < -0.39 is 0 Å². The summed E-state index contributed by atoms with van der Waals surface area (Å²) in [6, 6.07) is 13.6. The molecule has 0 saturated heterocycles. The molecule has 0 spiro atoms. The maximum Gasteiger partial charge on any atom is 0.319 e. The second-order valence-corrected chi connectivity index (χ2v) is 5.35. The number of amides is 2. The highest BCUT2D eigenvalue weighted by Crippen LogP contribution is 2.09. The van der Waals surface area contributed by atoms with Gasteiger partial charge in [0.05, 0.1) is 11.9 Å². The van der Waals surface area contributed by atoms with Crippen molar-refractivity contribution >= 4 is 11.7 Å². The van der Waals surface area contributed by atoms with Crippen LogP contribution >= 0.6 is 0 Å². The smallest absolute Gasteiger partial charge is 0.319 e. The fourth-order valence-corrected chi connectivity index (χ4v) is 2.32. The number of carbonyl (C=O) groups excluding carboxylic acids is 1. The number of hydrogen-bond donors (Lipinski definition) is 2. The van der Waals surface area contributed by atoms with E-state index in [1.54, 1.807) is 23.3 Å². The molecule has 3 aromatic rings. The minimum atomic E-state index is -0.222. The van der Waals surface area contributed by atoms with Crippen molar-refractivity contribution in [2.24, 2.45) is 0 Å². The number of anilines is 1. The molecule has 6 heteroatoms. The average Bonchev–Trinajstić information content (AvgIpc) is 3.15. The van der Waals surface area contributed by atoms with E-state index in [0.29, 0.717) is 12.2 Å². The highest BCUT2D eigenvalue weighted by Gasteiger charge is 2.03. The van der Waals surface area contributed by atoms with Crippen LogP contribution in [0.15, 0.2) is 67.4 Å². The number of rotatable bonds is 6. The van der Waals surface area contributed by atoms with Gasteiger partial charge in [0, 0.05) is 18.9 Å². The molecular weight excluding hydrogens is 302 g/mol. The van der Waals surface area contributed by atoms with Crippen molar-refractivity contribution in [3.05, 3.63) is 72.9 Å². The zero-order valence-electron chi connectivity index (χ0n) is 13.2. The average molecular weight is 321 g/mol. The number of urea groups is 1. The van der Waals surface area contributed by atoms with Crippen LogP contribution in [0.4, 0.5) is 10.5 Å². The minimum absolute atomic E-state index is 0.222. The molecule has 0 unspecified atom stereocenters. The number of aromatic nitrogens is 3. The second kappa shape index (κ2) is 7.92. The number of pyridine rings is 1. The van der Waals surface area contributed by atoms with Crippen LogP contribution in [0.2, 0.25) is 0 Å². The molecule has 0 bridgehead atoms. The highest BCUT2D eigenvalue weighted by atomic mass is 16.2. The molecule has 0 aliphatic carbocycles. The zero-order chi connectivity index (χ0) is 16.6. The summed E-state index contributed by atoms with van der Waals surface area (Å²) in [5.41, 5.74) is 1.93. The SMILES string of the molecule is O=C(NCCCc1ccccc1)Nc1ccc(-n2ccnc2)nc1. The monoisotopic (exact) mass is 321 g/mol. The molecule has 2 aromatic heterocycles. The van der Waals surface area contributed by atoms with Crippen LogP contribution < -0.4 is 10.6 Å². The molecule has 0 atom stereocenters. The van der Waals surface area contributed by atoms with Gasteiger partial charge in [0.2, 0.25) is 0 Å². The molecule has 1 aromatic carbocycles. The van der Waals surface area contributed by atoms with E-state index in [1.807, 2.05) is 36.5 Å². The minimum Gasteiger partial charge on any atom is -0.338 e. The van der Waals surface area contributed by atoms with Crippen molar-refractivity contribution in [1.29, 1.82) is 0 Å². The molecule has 24 heavy (non-hydrogen) atoms. The van der Waals surface area contributed by atoms with Gasteiger partial charge in [-0.25, -0.2) is 14.8 Å². The first kappa shape index (κ1) is 15.7. The van der Waals surface area contributed by atoms with Gasteiger partial charge in [-0.3, -0.25) is 4.57 Å². The third kappa shape index (κ3) is 4.42. The first-order chi connectivity index (χ1) is 11.8. The normalized spacial score (nSPS) is 10.3. The summed E-state index contributed by atoms with van der Waals surface area (Å²) < 4.78 is 1.80. The Morgan fingerprint density at radius 1 is 1.12 bits per heavy atom. The lowest BCUT2D eigenvalue weighted by molar-refractivity contribution is 0.252. The standard InChI is InChI=1S/C18H19N5O/c24-18(20-10-4-7-15-5-2-1-3-6-15)22-16-8-9-17(21-13-16)23-12-11-19-14-23/h1-3,5-6,8-9,11-14H,4,7,10H2,(H2,20,22,24). The van der Waals surface area contributed by atoms with Crippen molar-refractivity contribution in [3.63, 3.8) is 0 Å². The number of hydrogen-bond acceptors (Lipinski definition) is 3. The van der Waals surface area contributed by atoms with E-state index in [2.05, 4.69) is 32.7 Å². The maximum absolute atomic E-state index is 11.9. The Hall–Kier alpha value is -3.15. The molecule has 3 rings (SSSR count). The fourth-order valence-electron chi connectivity index (χ4n) is 2.32. The van der Waals surface area contributed by atoms with Crippen molar-refractivity contribution < 1.29 is 4.79 Å². The summed E-state index contributed by atoms with van der Waals surface area (Å²) in [6.07, 6.45) is 8.65. The number of imidazole rings is 1. The van der Waals surface area contributed by atoms with Crippen LogP contribution in [-0.2, 0) is 6.42 Å². The van der Waals surface area contributed by atoms with Gasteiger partial charge >= 0.3 is 6.03 Å². The molecule has 0 aliphatic heterocycles. The van der Waals surface area contributed by atoms with Gasteiger partial charge in [-0.1, -0.05) is 30.3 Å². The molecule has 2 heterocycles. The van der Waals surface area contributed by atoms with Crippen LogP contribution in [0.3, 0.4) is 0 Å². The van der Waals surface area contributed by atoms with E-state index in [4.69, 9.17) is 0 Å². The van der Waals surface area contributed by atoms with E-state index in [9.17, 15) is 4.79 Å². The number of carbonyl (C=O) groups is 1. The molecule has 0 radical (unpaired) electrons. The molecule has 122 valence electrons. The highest BCUT2D eigenvalue weighted by molar-refractivity contribution is 5.89. The summed E-state index contributed by atoms with van der Waals surface area (Å²) in [5.74, 6) is 0.751. The van der Waals surface area contributed by atoms with Gasteiger partial charge in [-0.2, -0.15) is 0 Å². The molecular formula is C18H19N5O. The molecule has 0 aliphatic rings. The van der Waals surface area contributed by atoms with Gasteiger partial charge in [0.25, 0.3) is 0 Å². The number of aryl methyl sites for hydroxylation is 1. The summed E-state index contributed by atoms with van der Waals surface area (Å²) >= 11 is 0. The Balaban J connectivity index is 1.42. The van der Waals surface area contributed by atoms with Gasteiger partial charge in [0.1, 0.15) is 12.1 Å². The van der Waals surface area contributed by atoms with Gasteiger partial charge in [-0.05, 0) is 30.5 Å². The Labute approximate surface area is 140 Å². The summed E-state index contributed by atoms with van der Waals surface area (Å²) in [5, 5.41) is 5.63. The van der Waals surface area contributed by atoms with Crippen LogP contribution in [0.1, 0.15) is 12.0 Å². The lowest BCUT2D eigenvalue weighted by Crippen LogP contribution is -2.29. The van der Waals surface area contributed by atoms with Crippen molar-refractivity contribution in [1.82, 2.24) is 19.9 Å². The molecule has 0 fully saturated rings. The summed E-state index contributed by atoms with van der Waals surface area (Å²) in [4.78, 5) is 20.1. The van der Waals surface area contributed by atoms with E-state index >= 15 is 0 Å². The van der Waals surface area contributed by atoms with Crippen LogP contribution in [0.5, 0.6) is 0 Å². The maximum atomic E-state index is 11.9. The topological polar surface area (TPSA) is 71.8 Å². The van der Waals surface area contributed by atoms with E-state index in [0.717, 1.165) is 18.7 Å².